The Balaban J connectivity index is 3.66. The molecule has 0 saturated heterocycles. The number of rotatable bonds is 3. The first-order chi connectivity index (χ1) is 5.07. The van der Waals surface area contributed by atoms with Crippen molar-refractivity contribution in [3.63, 3.8) is 0 Å². The number of hydrogen-bond donors (Lipinski definition) is 2. The Labute approximate surface area is 62.8 Å². The highest BCUT2D eigenvalue weighted by atomic mass is 19.1. The molecule has 0 fully saturated rings. The van der Waals surface area contributed by atoms with Gasteiger partial charge in [0.25, 0.3) is 0 Å². The van der Waals surface area contributed by atoms with Gasteiger partial charge in [0.15, 0.2) is 0 Å². The van der Waals surface area contributed by atoms with E-state index >= 15 is 0 Å². The zero-order valence-electron chi connectivity index (χ0n) is 6.00. The van der Waals surface area contributed by atoms with Gasteiger partial charge in [-0.25, -0.2) is 14.2 Å². The SMILES string of the molecule is CN(CCF)NC(=O)C(=O)O. The molecule has 0 aliphatic carbocycles. The van der Waals surface area contributed by atoms with Crippen molar-refractivity contribution in [2.45, 2.75) is 0 Å². The highest BCUT2D eigenvalue weighted by molar-refractivity contribution is 6.31. The number of aliphatic carboxylic acids is 1. The number of carbonyl (C=O) groups excluding carboxylic acids is 1. The van der Waals surface area contributed by atoms with Crippen molar-refractivity contribution >= 4 is 11.9 Å². The van der Waals surface area contributed by atoms with Gasteiger partial charge in [-0.1, -0.05) is 0 Å². The van der Waals surface area contributed by atoms with Crippen molar-refractivity contribution in [2.24, 2.45) is 0 Å². The van der Waals surface area contributed by atoms with Crippen LogP contribution in [0.15, 0.2) is 0 Å². The first kappa shape index (κ1) is 9.83. The van der Waals surface area contributed by atoms with Gasteiger partial charge in [0, 0.05) is 13.6 Å². The van der Waals surface area contributed by atoms with E-state index < -0.39 is 18.6 Å². The van der Waals surface area contributed by atoms with Crippen molar-refractivity contribution < 1.29 is 19.1 Å². The van der Waals surface area contributed by atoms with Crippen LogP contribution in [0, 0.1) is 0 Å². The highest BCUT2D eigenvalue weighted by Gasteiger charge is 2.11. The van der Waals surface area contributed by atoms with Gasteiger partial charge in [-0.15, -0.1) is 0 Å². The molecular formula is C5H9FN2O3. The molecule has 0 aliphatic heterocycles. The standard InChI is InChI=1S/C5H9FN2O3/c1-8(3-2-6)7-4(9)5(10)11/h2-3H2,1H3,(H,7,9)(H,10,11). The first-order valence-electron chi connectivity index (χ1n) is 2.89. The number of carboxylic acids is 1. The summed E-state index contributed by atoms with van der Waals surface area (Å²) in [6.45, 7) is -0.671. The van der Waals surface area contributed by atoms with Crippen molar-refractivity contribution in [3.8, 4) is 0 Å². The summed E-state index contributed by atoms with van der Waals surface area (Å²) >= 11 is 0. The number of halogens is 1. The Morgan fingerprint density at radius 2 is 2.18 bits per heavy atom. The molecule has 2 N–H and O–H groups in total. The molecule has 0 rings (SSSR count). The van der Waals surface area contributed by atoms with Crippen LogP contribution >= 0.6 is 0 Å². The minimum absolute atomic E-state index is 0.0288. The largest absolute Gasteiger partial charge is 0.474 e. The van der Waals surface area contributed by atoms with Crippen LogP contribution < -0.4 is 5.43 Å². The summed E-state index contributed by atoms with van der Waals surface area (Å²) in [5, 5.41) is 9.13. The maximum absolute atomic E-state index is 11.6. The molecule has 6 heteroatoms. The van der Waals surface area contributed by atoms with Gasteiger partial charge in [0.2, 0.25) is 0 Å². The van der Waals surface area contributed by atoms with Crippen molar-refractivity contribution in [1.29, 1.82) is 0 Å². The van der Waals surface area contributed by atoms with Gasteiger partial charge in [-0.3, -0.25) is 10.2 Å². The molecule has 0 aromatic rings. The molecule has 0 atom stereocenters. The molecule has 0 heterocycles. The molecule has 0 aromatic carbocycles. The van der Waals surface area contributed by atoms with Crippen LogP contribution in [0.2, 0.25) is 0 Å². The Kier molecular flexibility index (Phi) is 4.12. The number of hydrogen-bond acceptors (Lipinski definition) is 3. The van der Waals surface area contributed by atoms with E-state index in [0.717, 1.165) is 5.01 Å². The Bertz CT molecular complexity index is 162. The average Bonchev–Trinajstić information content (AvgIpc) is 1.87. The van der Waals surface area contributed by atoms with Crippen LogP contribution in [0.4, 0.5) is 4.39 Å². The third kappa shape index (κ3) is 4.26. The van der Waals surface area contributed by atoms with Crippen molar-refractivity contribution in [2.75, 3.05) is 20.3 Å². The van der Waals surface area contributed by atoms with E-state index in [0.29, 0.717) is 0 Å². The maximum Gasteiger partial charge on any atom is 0.395 e. The van der Waals surface area contributed by atoms with Gasteiger partial charge < -0.3 is 5.11 Å². The number of carboxylic acid groups (broad SMARTS) is 1. The third-order valence-corrected chi connectivity index (χ3v) is 0.907. The van der Waals surface area contributed by atoms with Crippen LogP contribution in [-0.4, -0.2) is 42.3 Å². The molecule has 0 aliphatic rings. The topological polar surface area (TPSA) is 69.6 Å². The predicted octanol–water partition coefficient (Wildman–Crippen LogP) is -0.996. The normalized spacial score (nSPS) is 9.73. The number of carbonyl (C=O) groups is 2. The van der Waals surface area contributed by atoms with Gasteiger partial charge in [-0.05, 0) is 0 Å². The second kappa shape index (κ2) is 4.62. The highest BCUT2D eigenvalue weighted by Crippen LogP contribution is 1.76. The van der Waals surface area contributed by atoms with Crippen LogP contribution in [-0.2, 0) is 9.59 Å². The van der Waals surface area contributed by atoms with Crippen molar-refractivity contribution in [1.82, 2.24) is 10.4 Å². The summed E-state index contributed by atoms with van der Waals surface area (Å²) < 4.78 is 11.6. The van der Waals surface area contributed by atoms with E-state index in [9.17, 15) is 14.0 Å². The number of hydrazine groups is 1. The number of nitrogens with one attached hydrogen (secondary N) is 1. The molecule has 0 spiro atoms. The van der Waals surface area contributed by atoms with Gasteiger partial charge in [0.1, 0.15) is 6.67 Å². The molecule has 0 bridgehead atoms. The minimum Gasteiger partial charge on any atom is -0.474 e. The molecule has 11 heavy (non-hydrogen) atoms. The van der Waals surface area contributed by atoms with Crippen LogP contribution in [0.1, 0.15) is 0 Å². The second-order valence-electron chi connectivity index (χ2n) is 1.86. The lowest BCUT2D eigenvalue weighted by atomic mass is 10.6. The fraction of sp³-hybridized carbons (Fsp3) is 0.600. The summed E-state index contributed by atoms with van der Waals surface area (Å²) in [6.07, 6.45) is 0. The zero-order valence-corrected chi connectivity index (χ0v) is 6.00. The fourth-order valence-corrected chi connectivity index (χ4v) is 0.404. The van der Waals surface area contributed by atoms with E-state index in [1.807, 2.05) is 5.43 Å². The summed E-state index contributed by atoms with van der Waals surface area (Å²) in [6, 6.07) is 0. The lowest BCUT2D eigenvalue weighted by Crippen LogP contribution is -2.43. The molecule has 1 amide bonds. The average molecular weight is 164 g/mol. The van der Waals surface area contributed by atoms with Gasteiger partial charge in [-0.2, -0.15) is 0 Å². The Morgan fingerprint density at radius 1 is 1.64 bits per heavy atom. The lowest BCUT2D eigenvalue weighted by Gasteiger charge is -2.13. The van der Waals surface area contributed by atoms with E-state index in [1.54, 1.807) is 0 Å². The summed E-state index contributed by atoms with van der Waals surface area (Å²) in [5.41, 5.74) is 1.94. The van der Waals surface area contributed by atoms with E-state index in [2.05, 4.69) is 0 Å². The lowest BCUT2D eigenvalue weighted by molar-refractivity contribution is -0.152. The monoisotopic (exact) mass is 164 g/mol. The summed E-state index contributed by atoms with van der Waals surface area (Å²) in [7, 11) is 1.38. The first-order valence-corrected chi connectivity index (χ1v) is 2.89. The third-order valence-electron chi connectivity index (χ3n) is 0.907. The van der Waals surface area contributed by atoms with Gasteiger partial charge in [0.05, 0.1) is 0 Å². The molecule has 0 unspecified atom stereocenters. The number of nitrogens with zero attached hydrogens (tertiary/aromatic N) is 1. The molecule has 64 valence electrons. The van der Waals surface area contributed by atoms with Crippen LogP contribution in [0.3, 0.4) is 0 Å². The van der Waals surface area contributed by atoms with E-state index in [1.165, 1.54) is 7.05 Å². The summed E-state index contributed by atoms with van der Waals surface area (Å²) in [5.74, 6) is -2.75. The molecular weight excluding hydrogens is 155 g/mol. The number of amides is 1. The molecule has 0 radical (unpaired) electrons. The molecule has 0 saturated carbocycles. The fourth-order valence-electron chi connectivity index (χ4n) is 0.404. The Hall–Kier alpha value is -1.17. The maximum atomic E-state index is 11.6. The number of alkyl halides is 1. The van der Waals surface area contributed by atoms with Crippen LogP contribution in [0.25, 0.3) is 0 Å². The zero-order chi connectivity index (χ0) is 8.85. The quantitative estimate of drug-likeness (QED) is 0.415. The Morgan fingerprint density at radius 3 is 2.55 bits per heavy atom. The predicted molar refractivity (Wildman–Crippen MR) is 34.4 cm³/mol. The van der Waals surface area contributed by atoms with E-state index in [4.69, 9.17) is 5.11 Å². The molecule has 0 aromatic heterocycles. The van der Waals surface area contributed by atoms with E-state index in [-0.39, 0.29) is 6.54 Å². The van der Waals surface area contributed by atoms with Gasteiger partial charge >= 0.3 is 11.9 Å². The van der Waals surface area contributed by atoms with Crippen molar-refractivity contribution in [3.05, 3.63) is 0 Å². The van der Waals surface area contributed by atoms with Crippen LogP contribution in [0.5, 0.6) is 0 Å². The smallest absolute Gasteiger partial charge is 0.395 e. The minimum atomic E-state index is -1.59. The molecule has 5 nitrogen and oxygen atoms in total. The second-order valence-corrected chi connectivity index (χ2v) is 1.86. The summed E-state index contributed by atoms with van der Waals surface area (Å²) in [4.78, 5) is 20.3.